The number of rotatable bonds is 4. The van der Waals surface area contributed by atoms with Crippen LogP contribution in [0.5, 0.6) is 5.75 Å². The first-order valence-electron chi connectivity index (χ1n) is 6.57. The zero-order valence-electron chi connectivity index (χ0n) is 12.1. The maximum absolute atomic E-state index is 12.3. The minimum Gasteiger partial charge on any atom is -0.435 e. The summed E-state index contributed by atoms with van der Waals surface area (Å²) in [5, 5.41) is 4.62. The van der Waals surface area contributed by atoms with Crippen LogP contribution in [0, 0.1) is 0 Å². The zero-order chi connectivity index (χ0) is 18.0. The Morgan fingerprint density at radius 1 is 1.25 bits per heavy atom. The number of guanidine groups is 1. The number of halogens is 5. The molecular formula is C13H14F5N5O. The van der Waals surface area contributed by atoms with Gasteiger partial charge in [-0.1, -0.05) is 12.1 Å². The fraction of sp³-hybridized carbons (Fsp3) is 0.308. The van der Waals surface area contributed by atoms with Gasteiger partial charge in [-0.25, -0.2) is 4.99 Å². The summed E-state index contributed by atoms with van der Waals surface area (Å²) in [5.41, 5.74) is 10.7. The van der Waals surface area contributed by atoms with E-state index in [1.165, 1.54) is 24.3 Å². The van der Waals surface area contributed by atoms with E-state index in [1.807, 2.05) is 0 Å². The average molecular weight is 351 g/mol. The summed E-state index contributed by atoms with van der Waals surface area (Å²) in [6.07, 6.45) is -3.33. The van der Waals surface area contributed by atoms with Gasteiger partial charge in [0, 0.05) is 0 Å². The number of ether oxygens (including phenoxy) is 1. The fourth-order valence-electron chi connectivity index (χ4n) is 1.94. The molecular weight excluding hydrogens is 337 g/mol. The standard InChI is InChI=1S/C13H14F5N5O/c14-10(15)24-8-3-1-7(2-4-8)13(20)9(19)5-21-11(23-13)22-6-12(16,17)18/h1-5,10H,6,19-20H2,(H2,21,22,23). The molecule has 1 aliphatic heterocycles. The van der Waals surface area contributed by atoms with Crippen LogP contribution in [0.15, 0.2) is 41.2 Å². The van der Waals surface area contributed by atoms with E-state index in [9.17, 15) is 22.0 Å². The molecule has 1 aliphatic rings. The van der Waals surface area contributed by atoms with Crippen molar-refractivity contribution in [1.82, 2.24) is 10.6 Å². The average Bonchev–Trinajstić information content (AvgIpc) is 2.48. The molecule has 0 saturated heterocycles. The number of nitrogens with one attached hydrogen (secondary N) is 2. The van der Waals surface area contributed by atoms with Crippen LogP contribution in [-0.2, 0) is 5.66 Å². The Morgan fingerprint density at radius 2 is 1.88 bits per heavy atom. The van der Waals surface area contributed by atoms with E-state index in [0.717, 1.165) is 6.20 Å². The highest BCUT2D eigenvalue weighted by Gasteiger charge is 2.35. The van der Waals surface area contributed by atoms with Crippen LogP contribution < -0.4 is 26.8 Å². The van der Waals surface area contributed by atoms with Crippen LogP contribution >= 0.6 is 0 Å². The van der Waals surface area contributed by atoms with Gasteiger partial charge in [0.25, 0.3) is 0 Å². The SMILES string of the molecule is NC1=CN=C(NCC(F)(F)F)NC1(N)c1ccc(OC(F)F)cc1. The van der Waals surface area contributed by atoms with Crippen LogP contribution in [0.25, 0.3) is 0 Å². The van der Waals surface area contributed by atoms with Crippen LogP contribution in [0.4, 0.5) is 22.0 Å². The van der Waals surface area contributed by atoms with Crippen molar-refractivity contribution in [2.24, 2.45) is 16.5 Å². The molecule has 6 nitrogen and oxygen atoms in total. The van der Waals surface area contributed by atoms with Gasteiger partial charge in [-0.05, 0) is 17.7 Å². The maximum atomic E-state index is 12.3. The Hall–Kier alpha value is -2.56. The van der Waals surface area contributed by atoms with Crippen LogP contribution in [0.1, 0.15) is 5.56 Å². The molecule has 1 heterocycles. The van der Waals surface area contributed by atoms with E-state index in [4.69, 9.17) is 11.5 Å². The van der Waals surface area contributed by atoms with Gasteiger partial charge >= 0.3 is 12.8 Å². The predicted molar refractivity (Wildman–Crippen MR) is 75.8 cm³/mol. The molecule has 0 amide bonds. The first-order chi connectivity index (χ1) is 11.1. The monoisotopic (exact) mass is 351 g/mol. The molecule has 0 radical (unpaired) electrons. The molecule has 6 N–H and O–H groups in total. The van der Waals surface area contributed by atoms with Gasteiger partial charge in [0.1, 0.15) is 12.3 Å². The van der Waals surface area contributed by atoms with Crippen molar-refractivity contribution < 1.29 is 26.7 Å². The van der Waals surface area contributed by atoms with Gasteiger partial charge in [0.05, 0.1) is 11.9 Å². The molecule has 11 heteroatoms. The molecule has 1 aromatic rings. The van der Waals surface area contributed by atoms with Crippen molar-refractivity contribution in [1.29, 1.82) is 0 Å². The number of nitrogens with two attached hydrogens (primary N) is 2. The van der Waals surface area contributed by atoms with Gasteiger partial charge < -0.3 is 21.1 Å². The van der Waals surface area contributed by atoms with Crippen LogP contribution in [0.2, 0.25) is 0 Å². The Bertz CT molecular complexity index is 643. The van der Waals surface area contributed by atoms with Gasteiger partial charge in [0.15, 0.2) is 11.6 Å². The molecule has 1 aromatic carbocycles. The third kappa shape index (κ3) is 4.25. The minimum absolute atomic E-state index is 0.0302. The van der Waals surface area contributed by atoms with E-state index < -0.39 is 25.0 Å². The van der Waals surface area contributed by atoms with Gasteiger partial charge in [-0.2, -0.15) is 22.0 Å². The number of alkyl halides is 5. The smallest absolute Gasteiger partial charge is 0.405 e. The van der Waals surface area contributed by atoms with Crippen molar-refractivity contribution in [2.45, 2.75) is 18.5 Å². The number of benzene rings is 1. The Labute approximate surface area is 133 Å². The molecule has 0 saturated carbocycles. The Balaban J connectivity index is 2.16. The molecule has 1 atom stereocenters. The third-order valence-electron chi connectivity index (χ3n) is 3.09. The van der Waals surface area contributed by atoms with E-state index in [2.05, 4.69) is 20.4 Å². The predicted octanol–water partition coefficient (Wildman–Crippen LogP) is 1.31. The van der Waals surface area contributed by atoms with E-state index in [1.54, 1.807) is 0 Å². The maximum Gasteiger partial charge on any atom is 0.405 e. The Morgan fingerprint density at radius 3 is 2.42 bits per heavy atom. The van der Waals surface area contributed by atoms with Gasteiger partial charge in [-0.15, -0.1) is 0 Å². The summed E-state index contributed by atoms with van der Waals surface area (Å²) in [7, 11) is 0. The first-order valence-corrected chi connectivity index (χ1v) is 6.57. The van der Waals surface area contributed by atoms with Crippen LogP contribution in [-0.4, -0.2) is 25.3 Å². The second kappa shape index (κ2) is 6.51. The molecule has 132 valence electrons. The number of nitrogens with zero attached hydrogens (tertiary/aromatic N) is 1. The second-order valence-corrected chi connectivity index (χ2v) is 4.87. The highest BCUT2D eigenvalue weighted by atomic mass is 19.4. The zero-order valence-corrected chi connectivity index (χ0v) is 12.1. The highest BCUT2D eigenvalue weighted by molar-refractivity contribution is 5.83. The number of hydrogen-bond acceptors (Lipinski definition) is 6. The lowest BCUT2D eigenvalue weighted by Crippen LogP contribution is -2.61. The molecule has 0 bridgehead atoms. The second-order valence-electron chi connectivity index (χ2n) is 4.87. The first kappa shape index (κ1) is 17.8. The summed E-state index contributed by atoms with van der Waals surface area (Å²) < 4.78 is 65.3. The molecule has 1 unspecified atom stereocenters. The summed E-state index contributed by atoms with van der Waals surface area (Å²) in [6, 6.07) is 5.19. The Kier molecular flexibility index (Phi) is 4.83. The molecule has 2 rings (SSSR count). The topological polar surface area (TPSA) is 97.7 Å². The van der Waals surface area contributed by atoms with Crippen molar-refractivity contribution in [3.05, 3.63) is 41.7 Å². The van der Waals surface area contributed by atoms with Crippen LogP contribution in [0.3, 0.4) is 0 Å². The van der Waals surface area contributed by atoms with Gasteiger partial charge in [0.2, 0.25) is 0 Å². The largest absolute Gasteiger partial charge is 0.435 e. The number of aliphatic imine (C=N–C) groups is 1. The van der Waals surface area contributed by atoms with Gasteiger partial charge in [-0.3, -0.25) is 5.73 Å². The van der Waals surface area contributed by atoms with E-state index in [0.29, 0.717) is 5.56 Å². The summed E-state index contributed by atoms with van der Waals surface area (Å²) in [4.78, 5) is 3.69. The van der Waals surface area contributed by atoms with E-state index >= 15 is 0 Å². The molecule has 0 aromatic heterocycles. The summed E-state index contributed by atoms with van der Waals surface area (Å²) in [6.45, 7) is -4.30. The van der Waals surface area contributed by atoms with Crippen molar-refractivity contribution in [2.75, 3.05) is 6.54 Å². The van der Waals surface area contributed by atoms with E-state index in [-0.39, 0.29) is 17.4 Å². The lowest BCUT2D eigenvalue weighted by molar-refractivity contribution is -0.122. The fourth-order valence-corrected chi connectivity index (χ4v) is 1.94. The van der Waals surface area contributed by atoms with Crippen molar-refractivity contribution in [3.8, 4) is 5.75 Å². The summed E-state index contributed by atoms with van der Waals surface area (Å²) in [5.74, 6) is -0.322. The van der Waals surface area contributed by atoms with Crippen molar-refractivity contribution in [3.63, 3.8) is 0 Å². The molecule has 0 fully saturated rings. The number of hydrogen-bond donors (Lipinski definition) is 4. The van der Waals surface area contributed by atoms with Crippen molar-refractivity contribution >= 4 is 5.96 Å². The highest BCUT2D eigenvalue weighted by Crippen LogP contribution is 2.26. The normalized spacial score (nSPS) is 21.0. The summed E-state index contributed by atoms with van der Waals surface area (Å²) >= 11 is 0. The quantitative estimate of drug-likeness (QED) is 0.614. The molecule has 0 aliphatic carbocycles. The molecule has 24 heavy (non-hydrogen) atoms. The third-order valence-corrected chi connectivity index (χ3v) is 3.09. The lowest BCUT2D eigenvalue weighted by atomic mass is 9.96. The molecule has 0 spiro atoms. The lowest BCUT2D eigenvalue weighted by Gasteiger charge is -2.35. The minimum atomic E-state index is -4.44.